The summed E-state index contributed by atoms with van der Waals surface area (Å²) in [4.78, 5) is 20.1. The van der Waals surface area contributed by atoms with Gasteiger partial charge in [0, 0.05) is 22.5 Å². The third-order valence-electron chi connectivity index (χ3n) is 3.96. The molecule has 1 heterocycles. The second kappa shape index (κ2) is 6.13. The Balaban J connectivity index is 1.57. The molecule has 1 amide bonds. The number of nitrogens with one attached hydrogen (secondary N) is 2. The Morgan fingerprint density at radius 2 is 1.72 bits per heavy atom. The molecule has 0 aliphatic carbocycles. The number of carbonyl (C=O) groups is 1. The van der Waals surface area contributed by atoms with Crippen LogP contribution in [0, 0.1) is 0 Å². The number of nitrogens with two attached hydrogens (primary N) is 1. The maximum absolute atomic E-state index is 12.3. The molecule has 1 aromatic heterocycles. The number of aromatic nitrogens is 2. The molecular weight excluding hydrogens is 312 g/mol. The van der Waals surface area contributed by atoms with Crippen molar-refractivity contribution in [3.8, 4) is 11.4 Å². The zero-order valence-corrected chi connectivity index (χ0v) is 13.4. The molecule has 4 aromatic rings. The number of carbonyl (C=O) groups excluding carboxylic acids is 1. The third-order valence-corrected chi connectivity index (χ3v) is 3.96. The van der Waals surface area contributed by atoms with Crippen molar-refractivity contribution >= 4 is 28.3 Å². The van der Waals surface area contributed by atoms with Crippen molar-refractivity contribution < 1.29 is 4.79 Å². The second-order valence-electron chi connectivity index (χ2n) is 5.76. The molecule has 0 atom stereocenters. The predicted octanol–water partition coefficient (Wildman–Crippen LogP) is 4.06. The number of imidazole rings is 1. The minimum Gasteiger partial charge on any atom is -0.399 e. The highest BCUT2D eigenvalue weighted by atomic mass is 16.1. The Morgan fingerprint density at radius 1 is 0.960 bits per heavy atom. The van der Waals surface area contributed by atoms with E-state index in [-0.39, 0.29) is 5.91 Å². The number of fused-ring (bicyclic) bond motifs is 1. The monoisotopic (exact) mass is 328 g/mol. The summed E-state index contributed by atoms with van der Waals surface area (Å²) in [6, 6.07) is 22.3. The Bertz CT molecular complexity index is 1040. The molecule has 4 rings (SSSR count). The lowest BCUT2D eigenvalue weighted by molar-refractivity contribution is 0.102. The van der Waals surface area contributed by atoms with E-state index in [1.54, 1.807) is 12.1 Å². The SMILES string of the molecule is Nc1ccc2nc(-c3ccc(C(=O)Nc4ccccc4)cc3)[nH]c2c1. The van der Waals surface area contributed by atoms with Crippen LogP contribution in [-0.2, 0) is 0 Å². The van der Waals surface area contributed by atoms with Crippen molar-refractivity contribution in [2.75, 3.05) is 11.1 Å². The third kappa shape index (κ3) is 3.07. The zero-order chi connectivity index (χ0) is 17.2. The van der Waals surface area contributed by atoms with Gasteiger partial charge >= 0.3 is 0 Å². The van der Waals surface area contributed by atoms with Gasteiger partial charge in [-0.3, -0.25) is 4.79 Å². The van der Waals surface area contributed by atoms with Gasteiger partial charge in [0.1, 0.15) is 5.82 Å². The van der Waals surface area contributed by atoms with Gasteiger partial charge in [0.05, 0.1) is 11.0 Å². The van der Waals surface area contributed by atoms with Crippen LogP contribution in [0.1, 0.15) is 10.4 Å². The van der Waals surface area contributed by atoms with Crippen molar-refractivity contribution in [1.82, 2.24) is 9.97 Å². The molecule has 25 heavy (non-hydrogen) atoms. The first-order valence-electron chi connectivity index (χ1n) is 7.91. The highest BCUT2D eigenvalue weighted by molar-refractivity contribution is 6.04. The first-order chi connectivity index (χ1) is 12.2. The minimum absolute atomic E-state index is 0.143. The van der Waals surface area contributed by atoms with E-state index in [4.69, 9.17) is 5.73 Å². The highest BCUT2D eigenvalue weighted by Crippen LogP contribution is 2.22. The summed E-state index contributed by atoms with van der Waals surface area (Å²) < 4.78 is 0. The molecule has 4 N–H and O–H groups in total. The fourth-order valence-electron chi connectivity index (χ4n) is 2.67. The van der Waals surface area contributed by atoms with Gasteiger partial charge in [0.2, 0.25) is 0 Å². The van der Waals surface area contributed by atoms with E-state index in [1.807, 2.05) is 60.7 Å². The van der Waals surface area contributed by atoms with Gasteiger partial charge in [-0.2, -0.15) is 0 Å². The van der Waals surface area contributed by atoms with Gasteiger partial charge in [-0.05, 0) is 42.5 Å². The minimum atomic E-state index is -0.143. The van der Waals surface area contributed by atoms with Crippen LogP contribution >= 0.6 is 0 Å². The predicted molar refractivity (Wildman–Crippen MR) is 100 cm³/mol. The van der Waals surface area contributed by atoms with E-state index in [9.17, 15) is 4.79 Å². The topological polar surface area (TPSA) is 83.8 Å². The number of aromatic amines is 1. The molecule has 0 bridgehead atoms. The van der Waals surface area contributed by atoms with Gasteiger partial charge in [-0.1, -0.05) is 30.3 Å². The Kier molecular flexibility index (Phi) is 3.67. The molecule has 0 radical (unpaired) electrons. The van der Waals surface area contributed by atoms with Crippen LogP contribution < -0.4 is 11.1 Å². The van der Waals surface area contributed by atoms with Crippen molar-refractivity contribution in [1.29, 1.82) is 0 Å². The number of nitrogen functional groups attached to an aromatic ring is 1. The summed E-state index contributed by atoms with van der Waals surface area (Å²) in [6.07, 6.45) is 0. The van der Waals surface area contributed by atoms with Crippen LogP contribution in [0.3, 0.4) is 0 Å². The zero-order valence-electron chi connectivity index (χ0n) is 13.4. The summed E-state index contributed by atoms with van der Waals surface area (Å²) in [5, 5.41) is 2.87. The first-order valence-corrected chi connectivity index (χ1v) is 7.91. The molecule has 5 nitrogen and oxygen atoms in total. The Morgan fingerprint density at radius 3 is 2.48 bits per heavy atom. The summed E-state index contributed by atoms with van der Waals surface area (Å²) >= 11 is 0. The summed E-state index contributed by atoms with van der Waals surface area (Å²) in [7, 11) is 0. The molecule has 0 saturated carbocycles. The fraction of sp³-hybridized carbons (Fsp3) is 0. The van der Waals surface area contributed by atoms with Crippen molar-refractivity contribution in [2.45, 2.75) is 0 Å². The van der Waals surface area contributed by atoms with Crippen LogP contribution in [0.4, 0.5) is 11.4 Å². The first kappa shape index (κ1) is 15.0. The molecule has 0 spiro atoms. The average Bonchev–Trinajstić information content (AvgIpc) is 3.06. The summed E-state index contributed by atoms with van der Waals surface area (Å²) in [6.45, 7) is 0. The van der Waals surface area contributed by atoms with E-state index in [1.165, 1.54) is 0 Å². The van der Waals surface area contributed by atoms with Gasteiger partial charge in [0.25, 0.3) is 5.91 Å². The number of hydrogen-bond donors (Lipinski definition) is 3. The number of amides is 1. The molecule has 5 heteroatoms. The van der Waals surface area contributed by atoms with Crippen LogP contribution in [0.2, 0.25) is 0 Å². The molecule has 3 aromatic carbocycles. The fourth-order valence-corrected chi connectivity index (χ4v) is 2.67. The van der Waals surface area contributed by atoms with E-state index in [0.29, 0.717) is 11.3 Å². The van der Waals surface area contributed by atoms with Crippen LogP contribution in [0.15, 0.2) is 72.8 Å². The Hall–Kier alpha value is -3.60. The van der Waals surface area contributed by atoms with Crippen molar-refractivity contribution in [2.24, 2.45) is 0 Å². The lowest BCUT2D eigenvalue weighted by Gasteiger charge is -2.05. The lowest BCUT2D eigenvalue weighted by Crippen LogP contribution is -2.11. The van der Waals surface area contributed by atoms with Gasteiger partial charge < -0.3 is 16.0 Å². The Labute approximate surface area is 144 Å². The molecule has 0 unspecified atom stereocenters. The number of hydrogen-bond acceptors (Lipinski definition) is 3. The van der Waals surface area contributed by atoms with E-state index in [0.717, 1.165) is 28.1 Å². The van der Waals surface area contributed by atoms with Crippen LogP contribution in [0.5, 0.6) is 0 Å². The number of H-pyrrole nitrogens is 1. The molecule has 0 saturated heterocycles. The smallest absolute Gasteiger partial charge is 0.255 e. The quantitative estimate of drug-likeness (QED) is 0.496. The highest BCUT2D eigenvalue weighted by Gasteiger charge is 2.09. The maximum atomic E-state index is 12.3. The van der Waals surface area contributed by atoms with Crippen molar-refractivity contribution in [3.05, 3.63) is 78.4 Å². The number of para-hydroxylation sites is 1. The standard InChI is InChI=1S/C20H16N4O/c21-15-10-11-17-18(12-15)24-19(23-17)13-6-8-14(9-7-13)20(25)22-16-4-2-1-3-5-16/h1-12H,21H2,(H,22,25)(H,23,24). The lowest BCUT2D eigenvalue weighted by atomic mass is 10.1. The van der Waals surface area contributed by atoms with Gasteiger partial charge in [-0.15, -0.1) is 0 Å². The van der Waals surface area contributed by atoms with E-state index >= 15 is 0 Å². The molecule has 0 fully saturated rings. The number of nitrogens with zero attached hydrogens (tertiary/aromatic N) is 1. The van der Waals surface area contributed by atoms with Crippen molar-refractivity contribution in [3.63, 3.8) is 0 Å². The van der Waals surface area contributed by atoms with Gasteiger partial charge in [-0.25, -0.2) is 4.98 Å². The van der Waals surface area contributed by atoms with E-state index < -0.39 is 0 Å². The number of rotatable bonds is 3. The molecule has 122 valence electrons. The number of benzene rings is 3. The molecule has 0 aliphatic heterocycles. The van der Waals surface area contributed by atoms with Crippen LogP contribution in [0.25, 0.3) is 22.4 Å². The molecular formula is C20H16N4O. The second-order valence-corrected chi connectivity index (χ2v) is 5.76. The van der Waals surface area contributed by atoms with E-state index in [2.05, 4.69) is 15.3 Å². The van der Waals surface area contributed by atoms with Gasteiger partial charge in [0.15, 0.2) is 0 Å². The molecule has 0 aliphatic rings. The maximum Gasteiger partial charge on any atom is 0.255 e. The average molecular weight is 328 g/mol. The number of anilines is 2. The van der Waals surface area contributed by atoms with Crippen LogP contribution in [-0.4, -0.2) is 15.9 Å². The summed E-state index contributed by atoms with van der Waals surface area (Å²) in [5.41, 5.74) is 10.5. The summed E-state index contributed by atoms with van der Waals surface area (Å²) in [5.74, 6) is 0.603. The largest absolute Gasteiger partial charge is 0.399 e. The normalized spacial score (nSPS) is 10.7.